The number of hydrogen-bond acceptors (Lipinski definition) is 8. The van der Waals surface area contributed by atoms with Crippen LogP contribution in [-0.4, -0.2) is 23.5 Å². The molecule has 0 heterocycles. The molecule has 3 aromatic carbocycles. The van der Waals surface area contributed by atoms with Crippen molar-refractivity contribution in [3.05, 3.63) is 74.0 Å². The standard InChI is InChI=1S/C20H19N5O5/c1-2-30-18-15(16(26)17(18)27)23-14-8-12(7-13(9-14)19(24-21)25-22)10-3-5-11(6-4-10)20(28)29/h3-9,23H,2,21-22H2,1H3,(H,24,25)(H,28,29). The zero-order valence-corrected chi connectivity index (χ0v) is 15.9. The zero-order chi connectivity index (χ0) is 21.8. The van der Waals surface area contributed by atoms with Crippen molar-refractivity contribution in [3.8, 4) is 16.9 Å². The van der Waals surface area contributed by atoms with Crippen molar-refractivity contribution in [2.24, 2.45) is 16.8 Å². The molecule has 0 aliphatic carbocycles. The summed E-state index contributed by atoms with van der Waals surface area (Å²) < 4.78 is 5.23. The fourth-order valence-electron chi connectivity index (χ4n) is 2.91. The van der Waals surface area contributed by atoms with E-state index < -0.39 is 16.8 Å². The van der Waals surface area contributed by atoms with Gasteiger partial charge in [0.15, 0.2) is 11.6 Å². The van der Waals surface area contributed by atoms with Crippen LogP contribution in [0.3, 0.4) is 0 Å². The molecule has 0 saturated heterocycles. The average molecular weight is 409 g/mol. The van der Waals surface area contributed by atoms with Crippen LogP contribution in [0.2, 0.25) is 0 Å². The van der Waals surface area contributed by atoms with E-state index in [1.54, 1.807) is 37.3 Å². The Bertz CT molecular complexity index is 1190. The highest BCUT2D eigenvalue weighted by molar-refractivity contribution is 6.00. The molecule has 10 heteroatoms. The Kier molecular flexibility index (Phi) is 5.79. The summed E-state index contributed by atoms with van der Waals surface area (Å²) in [7, 11) is 0. The van der Waals surface area contributed by atoms with Gasteiger partial charge in [-0.05, 0) is 48.4 Å². The highest BCUT2D eigenvalue weighted by Gasteiger charge is 2.23. The predicted molar refractivity (Wildman–Crippen MR) is 113 cm³/mol. The first-order chi connectivity index (χ1) is 14.4. The zero-order valence-electron chi connectivity index (χ0n) is 15.9. The molecule has 30 heavy (non-hydrogen) atoms. The largest absolute Gasteiger partial charge is 0.488 e. The number of hydrogen-bond donors (Lipinski definition) is 5. The van der Waals surface area contributed by atoms with Crippen LogP contribution >= 0.6 is 0 Å². The molecule has 0 atom stereocenters. The lowest BCUT2D eigenvalue weighted by atomic mass is 10.00. The molecule has 3 rings (SSSR count). The van der Waals surface area contributed by atoms with Gasteiger partial charge in [0, 0.05) is 11.3 Å². The average Bonchev–Trinajstić information content (AvgIpc) is 2.76. The van der Waals surface area contributed by atoms with E-state index >= 15 is 0 Å². The van der Waals surface area contributed by atoms with E-state index in [4.69, 9.17) is 21.5 Å². The van der Waals surface area contributed by atoms with Crippen LogP contribution in [0.1, 0.15) is 22.8 Å². The molecule has 0 aliphatic rings. The second kappa shape index (κ2) is 8.45. The minimum atomic E-state index is -1.04. The van der Waals surface area contributed by atoms with E-state index in [-0.39, 0.29) is 29.4 Å². The molecule has 154 valence electrons. The molecular formula is C20H19N5O5. The number of aromatic carboxylic acids is 1. The first-order valence-electron chi connectivity index (χ1n) is 8.86. The molecular weight excluding hydrogens is 390 g/mol. The van der Waals surface area contributed by atoms with E-state index in [0.29, 0.717) is 22.4 Å². The van der Waals surface area contributed by atoms with Gasteiger partial charge in [0.25, 0.3) is 10.9 Å². The first-order valence-corrected chi connectivity index (χ1v) is 8.86. The molecule has 0 saturated carbocycles. The number of hydrazone groups is 1. The number of nitrogens with one attached hydrogen (secondary N) is 2. The Morgan fingerprint density at radius 3 is 2.33 bits per heavy atom. The molecule has 0 amide bonds. The minimum absolute atomic E-state index is 0.0232. The number of nitrogens with two attached hydrogens (primary N) is 2. The Labute approximate surface area is 170 Å². The van der Waals surface area contributed by atoms with Crippen LogP contribution in [0.25, 0.3) is 11.1 Å². The normalized spacial score (nSPS) is 11.3. The van der Waals surface area contributed by atoms with Crippen LogP contribution < -0.4 is 38.0 Å². The summed E-state index contributed by atoms with van der Waals surface area (Å²) in [5.41, 5.74) is 3.54. The number of carbonyl (C=O) groups is 1. The number of amidine groups is 1. The smallest absolute Gasteiger partial charge is 0.335 e. The van der Waals surface area contributed by atoms with Crippen molar-refractivity contribution < 1.29 is 14.6 Å². The quantitative estimate of drug-likeness (QED) is 0.125. The molecule has 0 unspecified atom stereocenters. The monoisotopic (exact) mass is 409 g/mol. The van der Waals surface area contributed by atoms with Crippen LogP contribution in [0, 0.1) is 0 Å². The third-order valence-corrected chi connectivity index (χ3v) is 4.36. The Morgan fingerprint density at radius 1 is 1.07 bits per heavy atom. The van der Waals surface area contributed by atoms with Crippen molar-refractivity contribution in [2.75, 3.05) is 11.9 Å². The van der Waals surface area contributed by atoms with Gasteiger partial charge in [0.1, 0.15) is 5.69 Å². The van der Waals surface area contributed by atoms with E-state index in [2.05, 4.69) is 15.8 Å². The van der Waals surface area contributed by atoms with Gasteiger partial charge in [0.2, 0.25) is 0 Å². The summed E-state index contributed by atoms with van der Waals surface area (Å²) in [5, 5.41) is 15.6. The third-order valence-electron chi connectivity index (χ3n) is 4.36. The van der Waals surface area contributed by atoms with Crippen LogP contribution in [0.5, 0.6) is 5.75 Å². The van der Waals surface area contributed by atoms with Gasteiger partial charge in [-0.3, -0.25) is 9.59 Å². The SMILES string of the molecule is CCOc1c(Nc2cc(/C(=N/N)NN)cc(-c3ccc(C(=O)O)cc3)c2)c(=O)c1=O. The Balaban J connectivity index is 2.07. The number of carboxylic acid groups (broad SMARTS) is 1. The highest BCUT2D eigenvalue weighted by atomic mass is 16.5. The predicted octanol–water partition coefficient (Wildman–Crippen LogP) is 0.874. The molecule has 10 nitrogen and oxygen atoms in total. The summed E-state index contributed by atoms with van der Waals surface area (Å²) in [4.78, 5) is 34.8. The van der Waals surface area contributed by atoms with Gasteiger partial charge in [-0.15, -0.1) is 0 Å². The second-order valence-electron chi connectivity index (χ2n) is 6.22. The lowest BCUT2D eigenvalue weighted by Gasteiger charge is -2.16. The topological polar surface area (TPSA) is 169 Å². The molecule has 0 radical (unpaired) electrons. The summed E-state index contributed by atoms with van der Waals surface area (Å²) in [6.07, 6.45) is 0. The molecule has 0 bridgehead atoms. The Morgan fingerprint density at radius 2 is 1.77 bits per heavy atom. The highest BCUT2D eigenvalue weighted by Crippen LogP contribution is 2.29. The molecule has 0 spiro atoms. The van der Waals surface area contributed by atoms with Crippen LogP contribution in [-0.2, 0) is 0 Å². The van der Waals surface area contributed by atoms with Gasteiger partial charge in [-0.1, -0.05) is 12.1 Å². The number of benzene rings is 2. The third kappa shape index (κ3) is 3.84. The maximum absolute atomic E-state index is 12.0. The minimum Gasteiger partial charge on any atom is -0.488 e. The summed E-state index contributed by atoms with van der Waals surface area (Å²) >= 11 is 0. The number of ether oxygens (including phenoxy) is 1. The number of hydrazine groups is 1. The maximum atomic E-state index is 12.0. The lowest BCUT2D eigenvalue weighted by Crippen LogP contribution is -2.35. The van der Waals surface area contributed by atoms with Gasteiger partial charge >= 0.3 is 5.97 Å². The molecule has 0 fully saturated rings. The van der Waals surface area contributed by atoms with Gasteiger partial charge < -0.3 is 26.4 Å². The number of rotatable bonds is 7. The molecule has 0 aromatic heterocycles. The number of carboxylic acids is 1. The van der Waals surface area contributed by atoms with Crippen LogP contribution in [0.4, 0.5) is 11.4 Å². The Hall–Kier alpha value is -4.18. The second-order valence-corrected chi connectivity index (χ2v) is 6.22. The van der Waals surface area contributed by atoms with Crippen molar-refractivity contribution in [1.82, 2.24) is 5.43 Å². The summed E-state index contributed by atoms with van der Waals surface area (Å²) in [6, 6.07) is 11.3. The van der Waals surface area contributed by atoms with E-state index in [1.807, 2.05) is 0 Å². The first kappa shape index (κ1) is 20.6. The van der Waals surface area contributed by atoms with Crippen LogP contribution in [0.15, 0.2) is 57.2 Å². The van der Waals surface area contributed by atoms with E-state index in [0.717, 1.165) is 0 Å². The van der Waals surface area contributed by atoms with Gasteiger partial charge in [-0.2, -0.15) is 5.10 Å². The molecule has 7 N–H and O–H groups in total. The van der Waals surface area contributed by atoms with Gasteiger partial charge in [0.05, 0.1) is 12.2 Å². The number of nitrogens with zero attached hydrogens (tertiary/aromatic N) is 1. The fraction of sp³-hybridized carbons (Fsp3) is 0.100. The molecule has 3 aromatic rings. The fourth-order valence-corrected chi connectivity index (χ4v) is 2.91. The number of anilines is 2. The van der Waals surface area contributed by atoms with Crippen molar-refractivity contribution in [3.63, 3.8) is 0 Å². The van der Waals surface area contributed by atoms with Crippen molar-refractivity contribution in [1.29, 1.82) is 0 Å². The lowest BCUT2D eigenvalue weighted by molar-refractivity contribution is 0.0697. The van der Waals surface area contributed by atoms with E-state index in [1.165, 1.54) is 12.1 Å². The van der Waals surface area contributed by atoms with Gasteiger partial charge in [-0.25, -0.2) is 10.6 Å². The van der Waals surface area contributed by atoms with Crippen molar-refractivity contribution in [2.45, 2.75) is 6.92 Å². The summed E-state index contributed by atoms with van der Waals surface area (Å²) in [6.45, 7) is 1.94. The van der Waals surface area contributed by atoms with E-state index in [9.17, 15) is 14.4 Å². The van der Waals surface area contributed by atoms with Crippen molar-refractivity contribution >= 4 is 23.2 Å². The molecule has 0 aliphatic heterocycles. The maximum Gasteiger partial charge on any atom is 0.335 e. The summed E-state index contributed by atoms with van der Waals surface area (Å²) in [5.74, 6) is 9.97.